The van der Waals surface area contributed by atoms with Crippen LogP contribution < -0.4 is 10.0 Å². The Morgan fingerprint density at radius 3 is 2.62 bits per heavy atom. The Balaban J connectivity index is 1.85. The van der Waals surface area contributed by atoms with E-state index >= 15 is 0 Å². The Hall–Kier alpha value is -1.77. The zero-order chi connectivity index (χ0) is 15.1. The van der Waals surface area contributed by atoms with Crippen LogP contribution in [0, 0.1) is 0 Å². The minimum atomic E-state index is -3.45. The second-order valence-electron chi connectivity index (χ2n) is 4.59. The van der Waals surface area contributed by atoms with Crippen LogP contribution in [0.2, 0.25) is 0 Å². The first kappa shape index (κ1) is 15.6. The molecule has 114 valence electrons. The number of benzene rings is 1. The first-order valence-corrected chi connectivity index (χ1v) is 8.17. The van der Waals surface area contributed by atoms with Crippen LogP contribution in [0.25, 0.3) is 0 Å². The quantitative estimate of drug-likeness (QED) is 0.688. The van der Waals surface area contributed by atoms with Crippen molar-refractivity contribution in [2.75, 3.05) is 13.6 Å². The predicted molar refractivity (Wildman–Crippen MR) is 79.0 cm³/mol. The van der Waals surface area contributed by atoms with Gasteiger partial charge in [-0.25, -0.2) is 13.1 Å². The van der Waals surface area contributed by atoms with Crippen molar-refractivity contribution in [3.05, 3.63) is 42.2 Å². The molecule has 0 aliphatic carbocycles. The van der Waals surface area contributed by atoms with Gasteiger partial charge in [0.1, 0.15) is 0 Å². The van der Waals surface area contributed by atoms with Gasteiger partial charge in [0, 0.05) is 25.8 Å². The molecule has 7 nitrogen and oxygen atoms in total. The number of sulfonamides is 1. The largest absolute Gasteiger partial charge is 0.316 e. The van der Waals surface area contributed by atoms with Crippen LogP contribution in [-0.4, -0.2) is 37.0 Å². The molecule has 0 radical (unpaired) electrons. The van der Waals surface area contributed by atoms with Gasteiger partial charge in [0.15, 0.2) is 0 Å². The van der Waals surface area contributed by atoms with E-state index in [2.05, 4.69) is 20.4 Å². The van der Waals surface area contributed by atoms with Gasteiger partial charge in [0.2, 0.25) is 10.0 Å². The third kappa shape index (κ3) is 4.62. The minimum Gasteiger partial charge on any atom is -0.316 e. The van der Waals surface area contributed by atoms with E-state index in [1.54, 1.807) is 41.3 Å². The average molecular weight is 309 g/mol. The molecule has 0 saturated carbocycles. The smallest absolute Gasteiger partial charge is 0.240 e. The van der Waals surface area contributed by atoms with Crippen LogP contribution in [0.15, 0.2) is 41.6 Å². The van der Waals surface area contributed by atoms with Gasteiger partial charge in [0.25, 0.3) is 0 Å². The highest BCUT2D eigenvalue weighted by atomic mass is 32.2. The number of aryl methyl sites for hydroxylation is 1. The highest BCUT2D eigenvalue weighted by Gasteiger charge is 2.12. The lowest BCUT2D eigenvalue weighted by molar-refractivity contribution is 0.542. The fraction of sp³-hybridized carbons (Fsp3) is 0.385. The maximum absolute atomic E-state index is 12.1. The van der Waals surface area contributed by atoms with E-state index in [-0.39, 0.29) is 4.90 Å². The molecular formula is C13H19N5O2S. The van der Waals surface area contributed by atoms with E-state index < -0.39 is 10.0 Å². The highest BCUT2D eigenvalue weighted by Crippen LogP contribution is 2.10. The van der Waals surface area contributed by atoms with Crippen molar-refractivity contribution in [2.24, 2.45) is 0 Å². The summed E-state index contributed by atoms with van der Waals surface area (Å²) in [6.45, 7) is 1.70. The zero-order valence-electron chi connectivity index (χ0n) is 11.9. The van der Waals surface area contributed by atoms with Crippen molar-refractivity contribution < 1.29 is 8.42 Å². The van der Waals surface area contributed by atoms with E-state index in [0.717, 1.165) is 5.56 Å². The molecule has 0 spiro atoms. The third-order valence-corrected chi connectivity index (χ3v) is 4.42. The molecule has 0 aliphatic rings. The monoisotopic (exact) mass is 309 g/mol. The lowest BCUT2D eigenvalue weighted by Crippen LogP contribution is -2.25. The van der Waals surface area contributed by atoms with Gasteiger partial charge < -0.3 is 5.32 Å². The Labute approximate surface area is 124 Å². The maximum Gasteiger partial charge on any atom is 0.240 e. The molecule has 0 unspecified atom stereocenters. The summed E-state index contributed by atoms with van der Waals surface area (Å²) in [5, 5.41) is 10.5. The van der Waals surface area contributed by atoms with Crippen LogP contribution in [0.5, 0.6) is 0 Å². The van der Waals surface area contributed by atoms with Gasteiger partial charge in [-0.15, -0.1) is 5.10 Å². The molecule has 0 fully saturated rings. The Kier molecular flexibility index (Phi) is 5.43. The van der Waals surface area contributed by atoms with Gasteiger partial charge in [-0.1, -0.05) is 17.3 Å². The minimum absolute atomic E-state index is 0.281. The number of hydrogen-bond acceptors (Lipinski definition) is 5. The normalized spacial score (nSPS) is 11.7. The molecule has 8 heteroatoms. The highest BCUT2D eigenvalue weighted by molar-refractivity contribution is 7.89. The topological polar surface area (TPSA) is 88.9 Å². The zero-order valence-corrected chi connectivity index (χ0v) is 12.7. The molecule has 2 N–H and O–H groups in total. The van der Waals surface area contributed by atoms with Crippen LogP contribution >= 0.6 is 0 Å². The number of nitrogens with zero attached hydrogens (tertiary/aromatic N) is 3. The lowest BCUT2D eigenvalue weighted by atomic mass is 10.2. The van der Waals surface area contributed by atoms with Crippen LogP contribution in [-0.2, 0) is 23.1 Å². The van der Waals surface area contributed by atoms with Crippen molar-refractivity contribution in [1.29, 1.82) is 0 Å². The van der Waals surface area contributed by atoms with Crippen LogP contribution in [0.1, 0.15) is 12.0 Å². The molecule has 2 aromatic rings. The molecule has 0 aliphatic heterocycles. The molecular weight excluding hydrogens is 290 g/mol. The lowest BCUT2D eigenvalue weighted by Gasteiger charge is -2.07. The Morgan fingerprint density at radius 1 is 1.24 bits per heavy atom. The summed E-state index contributed by atoms with van der Waals surface area (Å²) in [5.74, 6) is 0. The molecule has 0 amide bonds. The first-order chi connectivity index (χ1) is 10.1. The summed E-state index contributed by atoms with van der Waals surface area (Å²) >= 11 is 0. The van der Waals surface area contributed by atoms with Gasteiger partial charge in [-0.3, -0.25) is 4.68 Å². The van der Waals surface area contributed by atoms with Gasteiger partial charge in [-0.05, 0) is 31.2 Å². The second kappa shape index (κ2) is 7.30. The van der Waals surface area contributed by atoms with Crippen molar-refractivity contribution >= 4 is 10.0 Å². The summed E-state index contributed by atoms with van der Waals surface area (Å²) in [7, 11) is -1.60. The SMILES string of the molecule is CNCc1ccc(S(=O)(=O)NCCCn2ccnn2)cc1. The molecule has 21 heavy (non-hydrogen) atoms. The van der Waals surface area contributed by atoms with Crippen molar-refractivity contribution in [1.82, 2.24) is 25.0 Å². The predicted octanol–water partition coefficient (Wildman–Crippen LogP) is 0.366. The van der Waals surface area contributed by atoms with Gasteiger partial charge >= 0.3 is 0 Å². The number of nitrogens with one attached hydrogen (secondary N) is 2. The third-order valence-electron chi connectivity index (χ3n) is 2.94. The fourth-order valence-electron chi connectivity index (χ4n) is 1.87. The summed E-state index contributed by atoms with van der Waals surface area (Å²) in [6.07, 6.45) is 3.99. The first-order valence-electron chi connectivity index (χ1n) is 6.69. The number of aromatic nitrogens is 3. The molecule has 1 aromatic carbocycles. The molecule has 2 rings (SSSR count). The van der Waals surface area contributed by atoms with E-state index in [1.807, 2.05) is 7.05 Å². The molecule has 1 aromatic heterocycles. The van der Waals surface area contributed by atoms with Crippen LogP contribution in [0.3, 0.4) is 0 Å². The molecule has 0 atom stereocenters. The molecule has 0 saturated heterocycles. The Morgan fingerprint density at radius 2 is 2.00 bits per heavy atom. The fourth-order valence-corrected chi connectivity index (χ4v) is 2.95. The average Bonchev–Trinajstić information content (AvgIpc) is 2.98. The second-order valence-corrected chi connectivity index (χ2v) is 6.36. The van der Waals surface area contributed by atoms with E-state index in [9.17, 15) is 8.42 Å². The summed E-state index contributed by atoms with van der Waals surface area (Å²) < 4.78 is 28.5. The molecule has 0 bridgehead atoms. The molecule has 1 heterocycles. The number of hydrogen-bond donors (Lipinski definition) is 2. The van der Waals surface area contributed by atoms with E-state index in [4.69, 9.17) is 0 Å². The van der Waals surface area contributed by atoms with Crippen molar-refractivity contribution in [3.8, 4) is 0 Å². The van der Waals surface area contributed by atoms with Crippen molar-refractivity contribution in [2.45, 2.75) is 24.4 Å². The van der Waals surface area contributed by atoms with E-state index in [1.165, 1.54) is 0 Å². The van der Waals surface area contributed by atoms with Crippen molar-refractivity contribution in [3.63, 3.8) is 0 Å². The van der Waals surface area contributed by atoms with E-state index in [0.29, 0.717) is 26.1 Å². The van der Waals surface area contributed by atoms with Gasteiger partial charge in [0.05, 0.1) is 11.1 Å². The maximum atomic E-state index is 12.1. The number of rotatable bonds is 8. The standard InChI is InChI=1S/C13H19N5O2S/c1-14-11-12-3-5-13(6-4-12)21(19,20)16-7-2-9-18-10-8-15-17-18/h3-6,8,10,14,16H,2,7,9,11H2,1H3. The Bertz CT molecular complexity index is 638. The van der Waals surface area contributed by atoms with Crippen LogP contribution in [0.4, 0.5) is 0 Å². The summed E-state index contributed by atoms with van der Waals surface area (Å²) in [6, 6.07) is 6.85. The summed E-state index contributed by atoms with van der Waals surface area (Å²) in [5.41, 5.74) is 1.04. The van der Waals surface area contributed by atoms with Gasteiger partial charge in [-0.2, -0.15) is 0 Å². The summed E-state index contributed by atoms with van der Waals surface area (Å²) in [4.78, 5) is 0.281.